The largest absolute Gasteiger partial charge is 0.481 e. The Morgan fingerprint density at radius 2 is 2.23 bits per heavy atom. The van der Waals surface area contributed by atoms with Crippen LogP contribution >= 0.6 is 0 Å². The smallest absolute Gasteiger partial charge is 0.330 e. The molecule has 0 heterocycles. The summed E-state index contributed by atoms with van der Waals surface area (Å²) in [7, 11) is 0. The summed E-state index contributed by atoms with van der Waals surface area (Å²) >= 11 is 0. The van der Waals surface area contributed by atoms with Gasteiger partial charge in [-0.3, -0.25) is 4.79 Å². The van der Waals surface area contributed by atoms with Crippen LogP contribution < -0.4 is 0 Å². The number of esters is 1. The predicted molar refractivity (Wildman–Crippen MR) is 47.2 cm³/mol. The fraction of sp³-hybridized carbons (Fsp3) is 0.556. The Kier molecular flexibility index (Phi) is 5.59. The normalized spacial score (nSPS) is 11.8. The number of hydrogen-bond acceptors (Lipinski definition) is 3. The van der Waals surface area contributed by atoms with E-state index in [1.807, 2.05) is 0 Å². The van der Waals surface area contributed by atoms with Gasteiger partial charge in [-0.15, -0.1) is 0 Å². The number of ether oxygens (including phenoxy) is 1. The minimum atomic E-state index is -0.824. The van der Waals surface area contributed by atoms with E-state index in [2.05, 4.69) is 11.3 Å². The molecule has 0 saturated carbocycles. The molecule has 0 spiro atoms. The van der Waals surface area contributed by atoms with E-state index in [1.54, 1.807) is 6.92 Å². The number of carboxylic acid groups (broad SMARTS) is 1. The Bertz CT molecular complexity index is 198. The molecule has 13 heavy (non-hydrogen) atoms. The topological polar surface area (TPSA) is 63.6 Å². The summed E-state index contributed by atoms with van der Waals surface area (Å²) < 4.78 is 4.67. The molecule has 0 bridgehead atoms. The van der Waals surface area contributed by atoms with E-state index in [1.165, 1.54) is 0 Å². The van der Waals surface area contributed by atoms with Crippen LogP contribution in [0.1, 0.15) is 19.8 Å². The third kappa shape index (κ3) is 5.90. The number of carboxylic acids is 1. The van der Waals surface area contributed by atoms with Crippen LogP contribution in [0.15, 0.2) is 12.7 Å². The number of carbonyl (C=O) groups excluding carboxylic acids is 1. The van der Waals surface area contributed by atoms with Crippen molar-refractivity contribution in [3.63, 3.8) is 0 Å². The molecule has 0 aliphatic rings. The highest BCUT2D eigenvalue weighted by molar-refractivity contribution is 5.81. The zero-order chi connectivity index (χ0) is 10.3. The third-order valence-electron chi connectivity index (χ3n) is 1.61. The molecular formula is C9H14O4. The van der Waals surface area contributed by atoms with Crippen molar-refractivity contribution < 1.29 is 19.4 Å². The quantitative estimate of drug-likeness (QED) is 0.385. The summed E-state index contributed by atoms with van der Waals surface area (Å²) in [6, 6.07) is 0. The highest BCUT2D eigenvalue weighted by Crippen LogP contribution is 2.05. The first-order valence-corrected chi connectivity index (χ1v) is 4.10. The van der Waals surface area contributed by atoms with Crippen molar-refractivity contribution in [2.75, 3.05) is 6.61 Å². The molecule has 0 rings (SSSR count). The van der Waals surface area contributed by atoms with Crippen LogP contribution in [0.3, 0.4) is 0 Å². The predicted octanol–water partition coefficient (Wildman–Crippen LogP) is 1.22. The van der Waals surface area contributed by atoms with E-state index in [9.17, 15) is 9.59 Å². The lowest BCUT2D eigenvalue weighted by Gasteiger charge is -2.05. The van der Waals surface area contributed by atoms with Crippen LogP contribution in [0, 0.1) is 5.92 Å². The first-order valence-electron chi connectivity index (χ1n) is 4.10. The number of carbonyl (C=O) groups is 2. The fourth-order valence-electron chi connectivity index (χ4n) is 0.745. The van der Waals surface area contributed by atoms with Gasteiger partial charge in [0.2, 0.25) is 0 Å². The average molecular weight is 186 g/mol. The Morgan fingerprint density at radius 1 is 1.62 bits per heavy atom. The van der Waals surface area contributed by atoms with Crippen LogP contribution in [0.5, 0.6) is 0 Å². The molecular weight excluding hydrogens is 172 g/mol. The Morgan fingerprint density at radius 3 is 2.69 bits per heavy atom. The fourth-order valence-corrected chi connectivity index (χ4v) is 0.745. The second-order valence-electron chi connectivity index (χ2n) is 2.75. The molecule has 1 N–H and O–H groups in total. The lowest BCUT2D eigenvalue weighted by molar-refractivity contribution is -0.141. The van der Waals surface area contributed by atoms with Gasteiger partial charge >= 0.3 is 11.9 Å². The third-order valence-corrected chi connectivity index (χ3v) is 1.61. The number of aliphatic carboxylic acids is 1. The molecule has 0 saturated heterocycles. The standard InChI is InChI=1S/C9H14O4/c1-3-8(10)13-6-4-5-7(2)9(11)12/h3,7H,1,4-6H2,2H3,(H,11,12). The van der Waals surface area contributed by atoms with Gasteiger partial charge in [0.1, 0.15) is 0 Å². The van der Waals surface area contributed by atoms with Crippen molar-refractivity contribution in [3.8, 4) is 0 Å². The van der Waals surface area contributed by atoms with Crippen LogP contribution in [0.25, 0.3) is 0 Å². The summed E-state index contributed by atoms with van der Waals surface area (Å²) in [4.78, 5) is 20.9. The molecule has 4 nitrogen and oxygen atoms in total. The Hall–Kier alpha value is -1.32. The molecule has 0 amide bonds. The van der Waals surface area contributed by atoms with Gasteiger partial charge in [-0.2, -0.15) is 0 Å². The second-order valence-corrected chi connectivity index (χ2v) is 2.75. The molecule has 0 aromatic carbocycles. The van der Waals surface area contributed by atoms with Crippen molar-refractivity contribution in [3.05, 3.63) is 12.7 Å². The number of rotatable bonds is 6. The summed E-state index contributed by atoms with van der Waals surface area (Å²) in [6.07, 6.45) is 2.16. The van der Waals surface area contributed by atoms with Gasteiger partial charge in [-0.25, -0.2) is 4.79 Å². The van der Waals surface area contributed by atoms with E-state index in [4.69, 9.17) is 5.11 Å². The number of hydrogen-bond donors (Lipinski definition) is 1. The van der Waals surface area contributed by atoms with Crippen molar-refractivity contribution in [2.24, 2.45) is 5.92 Å². The van der Waals surface area contributed by atoms with E-state index in [0.717, 1.165) is 6.08 Å². The molecule has 0 aliphatic heterocycles. The summed E-state index contributed by atoms with van der Waals surface area (Å²) in [5, 5.41) is 8.51. The lowest BCUT2D eigenvalue weighted by atomic mass is 10.1. The molecule has 0 aliphatic carbocycles. The summed E-state index contributed by atoms with van der Waals surface area (Å²) in [5.74, 6) is -1.68. The van der Waals surface area contributed by atoms with Gasteiger partial charge in [-0.05, 0) is 12.8 Å². The van der Waals surface area contributed by atoms with Crippen LogP contribution in [-0.4, -0.2) is 23.7 Å². The van der Waals surface area contributed by atoms with Crippen LogP contribution in [0.4, 0.5) is 0 Å². The van der Waals surface area contributed by atoms with E-state index >= 15 is 0 Å². The molecule has 4 heteroatoms. The van der Waals surface area contributed by atoms with E-state index < -0.39 is 11.9 Å². The summed E-state index contributed by atoms with van der Waals surface area (Å²) in [5.41, 5.74) is 0. The van der Waals surface area contributed by atoms with Crippen molar-refractivity contribution in [2.45, 2.75) is 19.8 Å². The average Bonchev–Trinajstić information content (AvgIpc) is 2.11. The van der Waals surface area contributed by atoms with Crippen molar-refractivity contribution in [1.82, 2.24) is 0 Å². The zero-order valence-electron chi connectivity index (χ0n) is 7.66. The van der Waals surface area contributed by atoms with Gasteiger partial charge in [-0.1, -0.05) is 13.5 Å². The molecule has 0 aromatic heterocycles. The summed E-state index contributed by atoms with van der Waals surface area (Å²) in [6.45, 7) is 5.11. The molecule has 1 unspecified atom stereocenters. The molecule has 0 aromatic rings. The first kappa shape index (κ1) is 11.7. The van der Waals surface area contributed by atoms with Gasteiger partial charge in [0.05, 0.1) is 12.5 Å². The maximum Gasteiger partial charge on any atom is 0.330 e. The second kappa shape index (κ2) is 6.22. The molecule has 0 fully saturated rings. The first-order chi connectivity index (χ1) is 6.07. The van der Waals surface area contributed by atoms with Gasteiger partial charge in [0.15, 0.2) is 0 Å². The van der Waals surface area contributed by atoms with Crippen LogP contribution in [-0.2, 0) is 14.3 Å². The lowest BCUT2D eigenvalue weighted by Crippen LogP contribution is -2.11. The molecule has 0 radical (unpaired) electrons. The maximum atomic E-state index is 10.5. The zero-order valence-corrected chi connectivity index (χ0v) is 7.66. The Balaban J connectivity index is 3.40. The van der Waals surface area contributed by atoms with Crippen LogP contribution in [0.2, 0.25) is 0 Å². The van der Waals surface area contributed by atoms with Gasteiger partial charge in [0, 0.05) is 6.08 Å². The van der Waals surface area contributed by atoms with Crippen molar-refractivity contribution in [1.29, 1.82) is 0 Å². The Labute approximate surface area is 77.2 Å². The van der Waals surface area contributed by atoms with Crippen molar-refractivity contribution >= 4 is 11.9 Å². The highest BCUT2D eigenvalue weighted by Gasteiger charge is 2.09. The van der Waals surface area contributed by atoms with Gasteiger partial charge in [0.25, 0.3) is 0 Å². The highest BCUT2D eigenvalue weighted by atomic mass is 16.5. The minimum Gasteiger partial charge on any atom is -0.481 e. The molecule has 74 valence electrons. The molecule has 1 atom stereocenters. The SMILES string of the molecule is C=CC(=O)OCCCC(C)C(=O)O. The van der Waals surface area contributed by atoms with E-state index in [0.29, 0.717) is 12.8 Å². The van der Waals surface area contributed by atoms with Gasteiger partial charge < -0.3 is 9.84 Å². The van der Waals surface area contributed by atoms with E-state index in [-0.39, 0.29) is 12.5 Å². The maximum absolute atomic E-state index is 10.5. The monoisotopic (exact) mass is 186 g/mol. The minimum absolute atomic E-state index is 0.252.